The summed E-state index contributed by atoms with van der Waals surface area (Å²) >= 11 is 6.03. The first-order valence-electron chi connectivity index (χ1n) is 9.76. The van der Waals surface area contributed by atoms with Gasteiger partial charge in [-0.2, -0.15) is 0 Å². The first-order chi connectivity index (χ1) is 15.3. The van der Waals surface area contributed by atoms with Gasteiger partial charge in [-0.05, 0) is 54.7 Å². The molecule has 0 radical (unpaired) electrons. The van der Waals surface area contributed by atoms with Gasteiger partial charge in [0.2, 0.25) is 0 Å². The van der Waals surface area contributed by atoms with Crippen LogP contribution in [0, 0.1) is 10.1 Å². The smallest absolute Gasteiger partial charge is 0.277 e. The quantitative estimate of drug-likeness (QED) is 0.313. The summed E-state index contributed by atoms with van der Waals surface area (Å²) in [5.74, 6) is 0.308. The average molecular weight is 447 g/mol. The third-order valence-electron chi connectivity index (χ3n) is 4.90. The molecule has 0 saturated heterocycles. The van der Waals surface area contributed by atoms with Crippen LogP contribution in [0.25, 0.3) is 34.1 Å². The maximum absolute atomic E-state index is 13.4. The van der Waals surface area contributed by atoms with Gasteiger partial charge in [0.15, 0.2) is 0 Å². The molecule has 0 fully saturated rings. The zero-order chi connectivity index (χ0) is 22.8. The van der Waals surface area contributed by atoms with Crippen molar-refractivity contribution in [1.82, 2.24) is 14.5 Å². The normalized spacial score (nSPS) is 11.2. The number of nitrogens with zero attached hydrogens (tertiary/aromatic N) is 4. The Morgan fingerprint density at radius 3 is 2.47 bits per heavy atom. The largest absolute Gasteiger partial charge is 0.383 e. The SMILES string of the molecule is CN(C)/C=C/c1ccc(-c2nc3ccccc3c(=O)n2-c2ccc(Cl)cc2)cc1[N+](=O)[O-]. The molecule has 0 aliphatic rings. The fraction of sp³-hybridized carbons (Fsp3) is 0.0833. The summed E-state index contributed by atoms with van der Waals surface area (Å²) in [4.78, 5) is 31.2. The number of benzene rings is 3. The van der Waals surface area contributed by atoms with Crippen molar-refractivity contribution in [3.05, 3.63) is 104 Å². The minimum Gasteiger partial charge on any atom is -0.383 e. The van der Waals surface area contributed by atoms with E-state index in [1.807, 2.05) is 14.1 Å². The molecule has 8 heteroatoms. The summed E-state index contributed by atoms with van der Waals surface area (Å²) in [5, 5.41) is 12.8. The first kappa shape index (κ1) is 21.3. The van der Waals surface area contributed by atoms with Gasteiger partial charge in [0.1, 0.15) is 5.82 Å². The Kier molecular flexibility index (Phi) is 5.75. The fourth-order valence-electron chi connectivity index (χ4n) is 3.37. The van der Waals surface area contributed by atoms with E-state index in [0.29, 0.717) is 38.6 Å². The molecule has 0 aliphatic carbocycles. The van der Waals surface area contributed by atoms with Crippen molar-refractivity contribution < 1.29 is 4.92 Å². The number of nitro benzene ring substituents is 1. The van der Waals surface area contributed by atoms with Crippen molar-refractivity contribution in [3.8, 4) is 17.1 Å². The van der Waals surface area contributed by atoms with Crippen LogP contribution >= 0.6 is 11.6 Å². The van der Waals surface area contributed by atoms with Crippen LogP contribution in [0.5, 0.6) is 0 Å². The zero-order valence-corrected chi connectivity index (χ0v) is 18.2. The molecule has 1 heterocycles. The summed E-state index contributed by atoms with van der Waals surface area (Å²) in [6.45, 7) is 0. The summed E-state index contributed by atoms with van der Waals surface area (Å²) in [5.41, 5.74) is 1.63. The molecule has 0 aliphatic heterocycles. The molecule has 0 bridgehead atoms. The minimum absolute atomic E-state index is 0.0781. The maximum Gasteiger partial charge on any atom is 0.277 e. The minimum atomic E-state index is -0.440. The molecule has 0 unspecified atom stereocenters. The summed E-state index contributed by atoms with van der Waals surface area (Å²) in [7, 11) is 3.67. The fourth-order valence-corrected chi connectivity index (χ4v) is 3.49. The number of nitro groups is 1. The molecule has 0 atom stereocenters. The number of halogens is 1. The summed E-state index contributed by atoms with van der Waals surface area (Å²) in [6.07, 6.45) is 3.40. The van der Waals surface area contributed by atoms with Gasteiger partial charge in [0, 0.05) is 30.7 Å². The van der Waals surface area contributed by atoms with E-state index in [0.717, 1.165) is 0 Å². The number of rotatable bonds is 5. The van der Waals surface area contributed by atoms with Crippen LogP contribution in [0.15, 0.2) is 77.7 Å². The molecule has 4 aromatic rings. The van der Waals surface area contributed by atoms with Crippen molar-refractivity contribution in [2.24, 2.45) is 0 Å². The molecule has 3 aromatic carbocycles. The van der Waals surface area contributed by atoms with Gasteiger partial charge in [0.25, 0.3) is 11.2 Å². The van der Waals surface area contributed by atoms with E-state index in [1.165, 1.54) is 10.6 Å². The molecular weight excluding hydrogens is 428 g/mol. The lowest BCUT2D eigenvalue weighted by molar-refractivity contribution is -0.385. The monoisotopic (exact) mass is 446 g/mol. The predicted octanol–water partition coefficient (Wildman–Crippen LogP) is 5.15. The van der Waals surface area contributed by atoms with Gasteiger partial charge < -0.3 is 4.90 Å². The Hall–Kier alpha value is -3.97. The Morgan fingerprint density at radius 2 is 1.78 bits per heavy atom. The second-order valence-electron chi connectivity index (χ2n) is 7.38. The molecule has 160 valence electrons. The van der Waals surface area contributed by atoms with Crippen molar-refractivity contribution in [1.29, 1.82) is 0 Å². The second-order valence-corrected chi connectivity index (χ2v) is 7.82. The Labute approximate surface area is 189 Å². The van der Waals surface area contributed by atoms with Crippen molar-refractivity contribution in [2.75, 3.05) is 14.1 Å². The molecule has 0 spiro atoms. The van der Waals surface area contributed by atoms with E-state index in [4.69, 9.17) is 16.6 Å². The van der Waals surface area contributed by atoms with Gasteiger partial charge in [-0.15, -0.1) is 0 Å². The lowest BCUT2D eigenvalue weighted by atomic mass is 10.1. The standard InChI is InChI=1S/C24H19ClN4O3/c1-27(2)14-13-16-7-8-17(15-22(16)29(31)32)23-26-21-6-4-3-5-20(21)24(30)28(23)19-11-9-18(25)10-12-19/h3-15H,1-2H3/b14-13+. The highest BCUT2D eigenvalue weighted by molar-refractivity contribution is 6.30. The van der Waals surface area contributed by atoms with Crippen LogP contribution in [0.3, 0.4) is 0 Å². The average Bonchev–Trinajstić information content (AvgIpc) is 2.78. The van der Waals surface area contributed by atoms with E-state index in [-0.39, 0.29) is 11.2 Å². The zero-order valence-electron chi connectivity index (χ0n) is 17.4. The lowest BCUT2D eigenvalue weighted by Crippen LogP contribution is -2.22. The summed E-state index contributed by atoms with van der Waals surface area (Å²) in [6, 6.07) is 18.6. The van der Waals surface area contributed by atoms with E-state index in [1.54, 1.807) is 77.8 Å². The molecule has 32 heavy (non-hydrogen) atoms. The Balaban J connectivity index is 2.01. The Bertz CT molecular complexity index is 1410. The van der Waals surface area contributed by atoms with Crippen LogP contribution in [0.2, 0.25) is 5.02 Å². The van der Waals surface area contributed by atoms with Gasteiger partial charge in [-0.3, -0.25) is 19.5 Å². The van der Waals surface area contributed by atoms with E-state index in [2.05, 4.69) is 0 Å². The molecule has 4 rings (SSSR count). The summed E-state index contributed by atoms with van der Waals surface area (Å²) < 4.78 is 1.45. The third kappa shape index (κ3) is 4.10. The number of para-hydroxylation sites is 1. The number of aromatic nitrogens is 2. The third-order valence-corrected chi connectivity index (χ3v) is 5.15. The van der Waals surface area contributed by atoms with Crippen LogP contribution in [-0.4, -0.2) is 33.5 Å². The van der Waals surface area contributed by atoms with Gasteiger partial charge in [0.05, 0.1) is 27.1 Å². The van der Waals surface area contributed by atoms with E-state index < -0.39 is 4.92 Å². The topological polar surface area (TPSA) is 81.3 Å². The molecular formula is C24H19ClN4O3. The van der Waals surface area contributed by atoms with Crippen molar-refractivity contribution >= 4 is 34.3 Å². The predicted molar refractivity (Wildman–Crippen MR) is 127 cm³/mol. The number of hydrogen-bond donors (Lipinski definition) is 0. The maximum atomic E-state index is 13.4. The molecule has 0 amide bonds. The van der Waals surface area contributed by atoms with Gasteiger partial charge >= 0.3 is 0 Å². The van der Waals surface area contributed by atoms with Gasteiger partial charge in [-0.1, -0.05) is 29.8 Å². The lowest BCUT2D eigenvalue weighted by Gasteiger charge is -2.14. The molecule has 1 aromatic heterocycles. The highest BCUT2D eigenvalue weighted by Crippen LogP contribution is 2.29. The van der Waals surface area contributed by atoms with Crippen LogP contribution in [0.4, 0.5) is 5.69 Å². The first-order valence-corrected chi connectivity index (χ1v) is 10.1. The van der Waals surface area contributed by atoms with Crippen molar-refractivity contribution in [3.63, 3.8) is 0 Å². The van der Waals surface area contributed by atoms with Crippen LogP contribution in [-0.2, 0) is 0 Å². The molecule has 0 N–H and O–H groups in total. The second kappa shape index (κ2) is 8.64. The number of hydrogen-bond acceptors (Lipinski definition) is 5. The van der Waals surface area contributed by atoms with Crippen LogP contribution in [0.1, 0.15) is 5.56 Å². The number of fused-ring (bicyclic) bond motifs is 1. The highest BCUT2D eigenvalue weighted by Gasteiger charge is 2.19. The highest BCUT2D eigenvalue weighted by atomic mass is 35.5. The van der Waals surface area contributed by atoms with E-state index >= 15 is 0 Å². The Morgan fingerprint density at radius 1 is 1.06 bits per heavy atom. The molecule has 7 nitrogen and oxygen atoms in total. The van der Waals surface area contributed by atoms with Crippen molar-refractivity contribution in [2.45, 2.75) is 0 Å². The van der Waals surface area contributed by atoms with Crippen LogP contribution < -0.4 is 5.56 Å². The molecule has 0 saturated carbocycles. The van der Waals surface area contributed by atoms with Gasteiger partial charge in [-0.25, -0.2) is 4.98 Å². The van der Waals surface area contributed by atoms with E-state index in [9.17, 15) is 14.9 Å².